The van der Waals surface area contributed by atoms with Crippen LogP contribution >= 0.6 is 0 Å². The van der Waals surface area contributed by atoms with E-state index in [1.165, 1.54) is 4.68 Å². The van der Waals surface area contributed by atoms with Crippen LogP contribution in [0.3, 0.4) is 0 Å². The van der Waals surface area contributed by atoms with Crippen molar-refractivity contribution in [3.05, 3.63) is 11.9 Å². The first-order valence-corrected chi connectivity index (χ1v) is 5.24. The number of hydrogen-bond donors (Lipinski definition) is 2. The minimum atomic E-state index is -0.390. The number of amides is 1. The number of aliphatic hydroxyl groups excluding tert-OH is 1. The van der Waals surface area contributed by atoms with E-state index < -0.39 is 0 Å². The van der Waals surface area contributed by atoms with E-state index in [9.17, 15) is 9.90 Å². The number of carbonyl (C=O) groups excluding carboxylic acids is 1. The molecule has 88 valence electrons. The third kappa shape index (κ3) is 2.37. The fraction of sp³-hybridized carbons (Fsp3) is 0.667. The monoisotopic (exact) mass is 225 g/mol. The third-order valence-electron chi connectivity index (χ3n) is 2.61. The molecule has 1 fully saturated rings. The first kappa shape index (κ1) is 11.0. The Labute approximate surface area is 92.8 Å². The third-order valence-corrected chi connectivity index (χ3v) is 2.61. The van der Waals surface area contributed by atoms with E-state index in [0.29, 0.717) is 31.7 Å². The first-order valence-electron chi connectivity index (χ1n) is 5.24. The van der Waals surface area contributed by atoms with Crippen LogP contribution in [-0.4, -0.2) is 50.1 Å². The molecule has 1 amide bonds. The van der Waals surface area contributed by atoms with E-state index in [1.54, 1.807) is 11.1 Å². The maximum Gasteiger partial charge on any atom is 0.244 e. The second kappa shape index (κ2) is 4.58. The summed E-state index contributed by atoms with van der Waals surface area (Å²) in [6.07, 6.45) is 1.92. The molecule has 1 aliphatic rings. The molecule has 7 heteroatoms. The molecular formula is C9H15N5O2. The maximum absolute atomic E-state index is 11.8. The molecule has 1 atom stereocenters. The molecule has 0 aromatic carbocycles. The number of rotatable bonds is 3. The topological polar surface area (TPSA) is 97.3 Å². The van der Waals surface area contributed by atoms with Gasteiger partial charge in [-0.25, -0.2) is 4.68 Å². The van der Waals surface area contributed by atoms with Gasteiger partial charge in [0.2, 0.25) is 5.91 Å². The highest BCUT2D eigenvalue weighted by Gasteiger charge is 2.24. The smallest absolute Gasteiger partial charge is 0.244 e. The van der Waals surface area contributed by atoms with Crippen molar-refractivity contribution in [1.82, 2.24) is 19.9 Å². The average Bonchev–Trinajstić information content (AvgIpc) is 2.87. The van der Waals surface area contributed by atoms with Crippen LogP contribution in [0.15, 0.2) is 6.20 Å². The molecule has 3 N–H and O–H groups in total. The Morgan fingerprint density at radius 3 is 3.06 bits per heavy atom. The van der Waals surface area contributed by atoms with Gasteiger partial charge < -0.3 is 15.7 Å². The number of aromatic nitrogens is 3. The Kier molecular flexibility index (Phi) is 3.16. The van der Waals surface area contributed by atoms with E-state index in [4.69, 9.17) is 5.73 Å². The quantitative estimate of drug-likeness (QED) is 0.641. The number of β-amino-alcohol motifs (C(OH)–C–C–N with tert-alkyl or cyclic N) is 1. The molecule has 0 saturated carbocycles. The molecule has 2 heterocycles. The molecule has 1 unspecified atom stereocenters. The summed E-state index contributed by atoms with van der Waals surface area (Å²) in [5.74, 6) is -0.0509. The lowest BCUT2D eigenvalue weighted by Crippen LogP contribution is -2.32. The summed E-state index contributed by atoms with van der Waals surface area (Å²) in [5, 5.41) is 16.9. The van der Waals surface area contributed by atoms with Gasteiger partial charge >= 0.3 is 0 Å². The van der Waals surface area contributed by atoms with Gasteiger partial charge in [-0.15, -0.1) is 5.10 Å². The van der Waals surface area contributed by atoms with Gasteiger partial charge in [0, 0.05) is 19.6 Å². The summed E-state index contributed by atoms with van der Waals surface area (Å²) in [6, 6.07) is 0. The van der Waals surface area contributed by atoms with Crippen LogP contribution in [-0.2, 0) is 17.9 Å². The number of nitrogens with zero attached hydrogens (tertiary/aromatic N) is 4. The maximum atomic E-state index is 11.8. The normalized spacial score (nSPS) is 20.4. The van der Waals surface area contributed by atoms with Gasteiger partial charge in [-0.05, 0) is 6.42 Å². The van der Waals surface area contributed by atoms with Gasteiger partial charge in [-0.2, -0.15) is 0 Å². The summed E-state index contributed by atoms with van der Waals surface area (Å²) >= 11 is 0. The fourth-order valence-corrected chi connectivity index (χ4v) is 1.72. The van der Waals surface area contributed by atoms with Crippen LogP contribution in [0.1, 0.15) is 12.1 Å². The van der Waals surface area contributed by atoms with E-state index >= 15 is 0 Å². The number of nitrogens with two attached hydrogens (primary N) is 1. The fourth-order valence-electron chi connectivity index (χ4n) is 1.72. The lowest BCUT2D eigenvalue weighted by atomic mass is 10.3. The molecule has 2 rings (SSSR count). The highest BCUT2D eigenvalue weighted by molar-refractivity contribution is 5.76. The Hall–Kier alpha value is -1.47. The van der Waals surface area contributed by atoms with Crippen molar-refractivity contribution in [1.29, 1.82) is 0 Å². The molecule has 7 nitrogen and oxygen atoms in total. The zero-order valence-electron chi connectivity index (χ0n) is 8.91. The van der Waals surface area contributed by atoms with Gasteiger partial charge in [0.25, 0.3) is 0 Å². The zero-order valence-corrected chi connectivity index (χ0v) is 8.91. The minimum Gasteiger partial charge on any atom is -0.391 e. The lowest BCUT2D eigenvalue weighted by molar-refractivity contribution is -0.131. The average molecular weight is 225 g/mol. The molecule has 1 saturated heterocycles. The van der Waals surface area contributed by atoms with E-state index in [0.717, 1.165) is 0 Å². The van der Waals surface area contributed by atoms with Crippen LogP contribution in [0.5, 0.6) is 0 Å². The van der Waals surface area contributed by atoms with Crippen LogP contribution in [0.2, 0.25) is 0 Å². The van der Waals surface area contributed by atoms with Crippen molar-refractivity contribution in [2.24, 2.45) is 5.73 Å². The summed E-state index contributed by atoms with van der Waals surface area (Å²) in [6.45, 7) is 1.49. The highest BCUT2D eigenvalue weighted by Crippen LogP contribution is 2.09. The van der Waals surface area contributed by atoms with Crippen LogP contribution in [0.25, 0.3) is 0 Å². The summed E-state index contributed by atoms with van der Waals surface area (Å²) < 4.78 is 1.47. The molecule has 16 heavy (non-hydrogen) atoms. The van der Waals surface area contributed by atoms with Gasteiger partial charge in [-0.3, -0.25) is 4.79 Å². The predicted octanol–water partition coefficient (Wildman–Crippen LogP) is -1.67. The van der Waals surface area contributed by atoms with Crippen molar-refractivity contribution in [3.8, 4) is 0 Å². The molecule has 0 spiro atoms. The molecule has 1 aromatic heterocycles. The standard InChI is InChI=1S/C9H15N5O2/c10-3-7-4-14(12-11-7)6-9(16)13-2-1-8(15)5-13/h4,8,15H,1-3,5-6,10H2. The van der Waals surface area contributed by atoms with Gasteiger partial charge in [0.05, 0.1) is 18.0 Å². The van der Waals surface area contributed by atoms with E-state index in [1.807, 2.05) is 0 Å². The van der Waals surface area contributed by atoms with Crippen LogP contribution in [0.4, 0.5) is 0 Å². The van der Waals surface area contributed by atoms with Crippen LogP contribution in [0, 0.1) is 0 Å². The number of likely N-dealkylation sites (tertiary alicyclic amines) is 1. The Bertz CT molecular complexity index is 378. The Balaban J connectivity index is 1.91. The summed E-state index contributed by atoms with van der Waals surface area (Å²) in [4.78, 5) is 13.4. The molecule has 1 aromatic rings. The van der Waals surface area contributed by atoms with Crippen LogP contribution < -0.4 is 5.73 Å². The van der Waals surface area contributed by atoms with E-state index in [2.05, 4.69) is 10.3 Å². The second-order valence-corrected chi connectivity index (χ2v) is 3.89. The Morgan fingerprint density at radius 1 is 1.69 bits per heavy atom. The van der Waals surface area contributed by atoms with Crippen molar-refractivity contribution < 1.29 is 9.90 Å². The predicted molar refractivity (Wildman–Crippen MR) is 55.1 cm³/mol. The van der Waals surface area contributed by atoms with Gasteiger partial charge in [0.1, 0.15) is 6.54 Å². The Morgan fingerprint density at radius 2 is 2.50 bits per heavy atom. The first-order chi connectivity index (χ1) is 7.69. The van der Waals surface area contributed by atoms with Gasteiger partial charge in [-0.1, -0.05) is 5.21 Å². The summed E-state index contributed by atoms with van der Waals surface area (Å²) in [7, 11) is 0. The second-order valence-electron chi connectivity index (χ2n) is 3.89. The molecule has 1 aliphatic heterocycles. The van der Waals surface area contributed by atoms with Gasteiger partial charge in [0.15, 0.2) is 0 Å². The molecule has 0 aliphatic carbocycles. The molecule has 0 radical (unpaired) electrons. The molecular weight excluding hydrogens is 210 g/mol. The minimum absolute atomic E-state index is 0.0509. The SMILES string of the molecule is NCc1cn(CC(=O)N2CCC(O)C2)nn1. The zero-order chi connectivity index (χ0) is 11.5. The number of carbonyl (C=O) groups is 1. The number of hydrogen-bond acceptors (Lipinski definition) is 5. The van der Waals surface area contributed by atoms with Crippen molar-refractivity contribution in [2.45, 2.75) is 25.6 Å². The lowest BCUT2D eigenvalue weighted by Gasteiger charge is -2.14. The summed E-state index contributed by atoms with van der Waals surface area (Å²) in [5.41, 5.74) is 6.05. The van der Waals surface area contributed by atoms with Crippen molar-refractivity contribution in [3.63, 3.8) is 0 Å². The van der Waals surface area contributed by atoms with E-state index in [-0.39, 0.29) is 18.6 Å². The van der Waals surface area contributed by atoms with Crippen molar-refractivity contribution in [2.75, 3.05) is 13.1 Å². The van der Waals surface area contributed by atoms with Crippen molar-refractivity contribution >= 4 is 5.91 Å². The highest BCUT2D eigenvalue weighted by atomic mass is 16.3. The molecule has 0 bridgehead atoms. The largest absolute Gasteiger partial charge is 0.391 e. The number of aliphatic hydroxyl groups is 1.